The van der Waals surface area contributed by atoms with Crippen LogP contribution in [0.25, 0.3) is 0 Å². The number of amides is 1. The molecule has 0 bridgehead atoms. The van der Waals surface area contributed by atoms with Gasteiger partial charge in [-0.25, -0.2) is 18.1 Å². The van der Waals surface area contributed by atoms with Crippen LogP contribution in [0.3, 0.4) is 0 Å². The lowest BCUT2D eigenvalue weighted by atomic mass is 10.1. The molecule has 0 spiro atoms. The minimum atomic E-state index is -3.63. The highest BCUT2D eigenvalue weighted by Gasteiger charge is 2.15. The van der Waals surface area contributed by atoms with E-state index in [0.717, 1.165) is 35.6 Å². The lowest BCUT2D eigenvalue weighted by molar-refractivity contribution is -0.121. The molecule has 1 fully saturated rings. The molecule has 8 heteroatoms. The fraction of sp³-hybridized carbons (Fsp3) is 0.478. The Morgan fingerprint density at radius 1 is 1.03 bits per heavy atom. The van der Waals surface area contributed by atoms with Gasteiger partial charge in [0.15, 0.2) is 0 Å². The number of nitrogens with one attached hydrogen (secondary N) is 2. The number of carbonyl (C=O) groups is 1. The lowest BCUT2D eigenvalue weighted by Crippen LogP contribution is -2.30. The zero-order valence-electron chi connectivity index (χ0n) is 18.4. The molecule has 1 saturated heterocycles. The van der Waals surface area contributed by atoms with Gasteiger partial charge in [0.05, 0.1) is 4.90 Å². The molecular weight excluding hydrogens is 412 g/mol. The van der Waals surface area contributed by atoms with Crippen LogP contribution in [0.15, 0.2) is 41.4 Å². The Hall–Kier alpha value is -2.45. The summed E-state index contributed by atoms with van der Waals surface area (Å²) in [6.45, 7) is 6.29. The maximum atomic E-state index is 12.4. The number of aromatic nitrogens is 1. The number of rotatable bonds is 8. The number of sulfonamides is 1. The fourth-order valence-electron chi connectivity index (χ4n) is 3.60. The van der Waals surface area contributed by atoms with Gasteiger partial charge in [-0.2, -0.15) is 0 Å². The van der Waals surface area contributed by atoms with Crippen LogP contribution in [0.1, 0.15) is 48.8 Å². The quantitative estimate of drug-likeness (QED) is 0.653. The number of pyridine rings is 1. The summed E-state index contributed by atoms with van der Waals surface area (Å²) in [6, 6.07) is 8.92. The van der Waals surface area contributed by atoms with Gasteiger partial charge in [-0.05, 0) is 67.6 Å². The molecule has 2 N–H and O–H groups in total. The predicted molar refractivity (Wildman–Crippen MR) is 122 cm³/mol. The van der Waals surface area contributed by atoms with E-state index in [0.29, 0.717) is 6.54 Å². The topological polar surface area (TPSA) is 91.4 Å². The molecule has 7 nitrogen and oxygen atoms in total. The third-order valence-corrected chi connectivity index (χ3v) is 7.12. The standard InChI is InChI=1S/C23H32N4O3S/c1-18-7-8-21(15-19(18)2)31(29,30)26-12-10-23(28)25-17-20-9-11-24-22(16-20)27-13-5-3-4-6-14-27/h7-9,11,15-16,26H,3-6,10,12-14,17H2,1-2H3,(H,25,28). The summed E-state index contributed by atoms with van der Waals surface area (Å²) in [7, 11) is -3.63. The molecule has 0 radical (unpaired) electrons. The summed E-state index contributed by atoms with van der Waals surface area (Å²) in [4.78, 5) is 19.2. The van der Waals surface area contributed by atoms with E-state index in [1.807, 2.05) is 26.0 Å². The molecule has 0 atom stereocenters. The van der Waals surface area contributed by atoms with Gasteiger partial charge in [-0.3, -0.25) is 4.79 Å². The predicted octanol–water partition coefficient (Wildman–Crippen LogP) is 3.06. The summed E-state index contributed by atoms with van der Waals surface area (Å²) in [5, 5.41) is 2.86. The molecule has 1 aromatic heterocycles. The monoisotopic (exact) mass is 444 g/mol. The van der Waals surface area contributed by atoms with Crippen molar-refractivity contribution in [3.05, 3.63) is 53.2 Å². The van der Waals surface area contributed by atoms with E-state index in [-0.39, 0.29) is 23.8 Å². The fourth-order valence-corrected chi connectivity index (χ4v) is 4.71. The highest BCUT2D eigenvalue weighted by Crippen LogP contribution is 2.18. The Morgan fingerprint density at radius 2 is 1.77 bits per heavy atom. The van der Waals surface area contributed by atoms with Gasteiger partial charge in [0.25, 0.3) is 0 Å². The molecule has 1 aliphatic rings. The van der Waals surface area contributed by atoms with E-state index in [1.165, 1.54) is 25.7 Å². The van der Waals surface area contributed by atoms with E-state index in [1.54, 1.807) is 24.4 Å². The number of carbonyl (C=O) groups excluding carboxylic acids is 1. The van der Waals surface area contributed by atoms with Crippen LogP contribution in [0.4, 0.5) is 5.82 Å². The zero-order valence-corrected chi connectivity index (χ0v) is 19.2. The molecule has 2 heterocycles. The third-order valence-electron chi connectivity index (χ3n) is 5.66. The van der Waals surface area contributed by atoms with Gasteiger partial charge >= 0.3 is 0 Å². The summed E-state index contributed by atoms with van der Waals surface area (Å²) < 4.78 is 27.3. The van der Waals surface area contributed by atoms with Gasteiger partial charge in [-0.15, -0.1) is 0 Å². The number of anilines is 1. The smallest absolute Gasteiger partial charge is 0.240 e. The second-order valence-electron chi connectivity index (χ2n) is 8.09. The first kappa shape index (κ1) is 23.2. The van der Waals surface area contributed by atoms with Gasteiger partial charge in [0.2, 0.25) is 15.9 Å². The van der Waals surface area contributed by atoms with E-state index >= 15 is 0 Å². The summed E-state index contributed by atoms with van der Waals surface area (Å²) >= 11 is 0. The summed E-state index contributed by atoms with van der Waals surface area (Å²) in [6.07, 6.45) is 6.74. The van der Waals surface area contributed by atoms with Crippen molar-refractivity contribution in [1.82, 2.24) is 15.0 Å². The summed E-state index contributed by atoms with van der Waals surface area (Å²) in [5.74, 6) is 0.755. The van der Waals surface area contributed by atoms with E-state index in [2.05, 4.69) is 19.9 Å². The third kappa shape index (κ3) is 6.77. The second-order valence-corrected chi connectivity index (χ2v) is 9.86. The number of hydrogen-bond donors (Lipinski definition) is 2. The molecule has 2 aromatic rings. The van der Waals surface area contributed by atoms with Crippen LogP contribution in [0.2, 0.25) is 0 Å². The highest BCUT2D eigenvalue weighted by atomic mass is 32.2. The van der Waals surface area contributed by atoms with Crippen LogP contribution in [-0.2, 0) is 21.4 Å². The van der Waals surface area contributed by atoms with Gasteiger partial charge in [0.1, 0.15) is 5.82 Å². The Bertz CT molecular complexity index is 1000. The minimum Gasteiger partial charge on any atom is -0.357 e. The van der Waals surface area contributed by atoms with Gasteiger partial charge < -0.3 is 10.2 Å². The Balaban J connectivity index is 1.47. The maximum Gasteiger partial charge on any atom is 0.240 e. The SMILES string of the molecule is Cc1ccc(S(=O)(=O)NCCC(=O)NCc2ccnc(N3CCCCCC3)c2)cc1C. The molecule has 1 aliphatic heterocycles. The largest absolute Gasteiger partial charge is 0.357 e. The Morgan fingerprint density at radius 3 is 2.48 bits per heavy atom. The number of aryl methyl sites for hydroxylation is 2. The normalized spacial score (nSPS) is 14.8. The first-order valence-electron chi connectivity index (χ1n) is 10.9. The minimum absolute atomic E-state index is 0.0520. The van der Waals surface area contributed by atoms with Crippen LogP contribution < -0.4 is 14.9 Å². The molecular formula is C23H32N4O3S. The van der Waals surface area contributed by atoms with Crippen LogP contribution in [0.5, 0.6) is 0 Å². The highest BCUT2D eigenvalue weighted by molar-refractivity contribution is 7.89. The zero-order chi connectivity index (χ0) is 22.3. The van der Waals surface area contributed by atoms with Gasteiger partial charge in [-0.1, -0.05) is 18.9 Å². The number of hydrogen-bond acceptors (Lipinski definition) is 5. The molecule has 0 saturated carbocycles. The molecule has 168 valence electrons. The lowest BCUT2D eigenvalue weighted by Gasteiger charge is -2.21. The van der Waals surface area contributed by atoms with Crippen molar-refractivity contribution in [1.29, 1.82) is 0 Å². The molecule has 1 aromatic carbocycles. The Kier molecular flexibility index (Phi) is 8.03. The molecule has 31 heavy (non-hydrogen) atoms. The molecule has 3 rings (SSSR count). The first-order valence-corrected chi connectivity index (χ1v) is 12.4. The maximum absolute atomic E-state index is 12.4. The van der Waals surface area contributed by atoms with E-state index in [9.17, 15) is 13.2 Å². The van der Waals surface area contributed by atoms with Crippen LogP contribution >= 0.6 is 0 Å². The number of benzene rings is 1. The van der Waals surface area contributed by atoms with Crippen molar-refractivity contribution < 1.29 is 13.2 Å². The van der Waals surface area contributed by atoms with Crippen molar-refractivity contribution >= 4 is 21.7 Å². The summed E-state index contributed by atoms with van der Waals surface area (Å²) in [5.41, 5.74) is 2.93. The van der Waals surface area contributed by atoms with Crippen LogP contribution in [-0.4, -0.2) is 38.9 Å². The van der Waals surface area contributed by atoms with Crippen molar-refractivity contribution in [2.24, 2.45) is 0 Å². The van der Waals surface area contributed by atoms with Gasteiger partial charge in [0, 0.05) is 38.8 Å². The average molecular weight is 445 g/mol. The Labute approximate surface area is 185 Å². The molecule has 1 amide bonds. The second kappa shape index (κ2) is 10.7. The van der Waals surface area contributed by atoms with Crippen LogP contribution in [0, 0.1) is 13.8 Å². The van der Waals surface area contributed by atoms with E-state index in [4.69, 9.17) is 0 Å². The number of nitrogens with zero attached hydrogens (tertiary/aromatic N) is 2. The van der Waals surface area contributed by atoms with Crippen molar-refractivity contribution in [2.45, 2.75) is 57.4 Å². The van der Waals surface area contributed by atoms with Crippen molar-refractivity contribution in [3.63, 3.8) is 0 Å². The molecule has 0 unspecified atom stereocenters. The molecule has 0 aliphatic carbocycles. The van der Waals surface area contributed by atoms with Crippen molar-refractivity contribution in [2.75, 3.05) is 24.5 Å². The average Bonchev–Trinajstić information content (AvgIpc) is 3.04. The van der Waals surface area contributed by atoms with E-state index < -0.39 is 10.0 Å². The van der Waals surface area contributed by atoms with Crippen molar-refractivity contribution in [3.8, 4) is 0 Å². The first-order chi connectivity index (χ1) is 14.8.